The zero-order valence-corrected chi connectivity index (χ0v) is 25.7. The molecule has 39 heavy (non-hydrogen) atoms. The predicted octanol–water partition coefficient (Wildman–Crippen LogP) is 2.33. The summed E-state index contributed by atoms with van der Waals surface area (Å²) in [6.45, 7) is 6.16. The highest BCUT2D eigenvalue weighted by atomic mass is 35.5. The number of aliphatic hydroxyl groups excluding tert-OH is 2. The molecule has 2 heterocycles. The van der Waals surface area contributed by atoms with E-state index in [0.717, 1.165) is 28.9 Å². The van der Waals surface area contributed by atoms with Gasteiger partial charge in [0.1, 0.15) is 24.5 Å². The topological polar surface area (TPSA) is 156 Å². The lowest BCUT2D eigenvalue weighted by Crippen LogP contribution is -2.55. The molecule has 1 saturated heterocycles. The molecule has 0 bridgehead atoms. The van der Waals surface area contributed by atoms with E-state index in [1.54, 1.807) is 34.6 Å². The monoisotopic (exact) mass is 635 g/mol. The Kier molecular flexibility index (Phi) is 12.2. The summed E-state index contributed by atoms with van der Waals surface area (Å²) in [5.41, 5.74) is -0.555. The van der Waals surface area contributed by atoms with Crippen molar-refractivity contribution in [2.24, 2.45) is 5.41 Å². The van der Waals surface area contributed by atoms with Crippen LogP contribution in [0.1, 0.15) is 41.5 Å². The first-order chi connectivity index (χ1) is 17.9. The molecule has 0 spiro atoms. The Labute approximate surface area is 241 Å². The molecule has 2 rings (SSSR count). The molecule has 1 unspecified atom stereocenters. The number of alkyl halides is 2. The first-order valence-corrected chi connectivity index (χ1v) is 16.1. The Morgan fingerprint density at radius 2 is 2.00 bits per heavy atom. The number of carbonyl (C=O) groups excluding carboxylic acids is 3. The maximum atomic E-state index is 15.3. The number of esters is 1. The third-order valence-electron chi connectivity index (χ3n) is 5.22. The van der Waals surface area contributed by atoms with E-state index in [1.807, 2.05) is 0 Å². The summed E-state index contributed by atoms with van der Waals surface area (Å²) in [4.78, 5) is 37.5. The number of amides is 2. The number of nitrogens with zero attached hydrogens (tertiary/aromatic N) is 1. The minimum Gasteiger partial charge on any atom is -0.462 e. The van der Waals surface area contributed by atoms with Gasteiger partial charge in [0.2, 0.25) is 0 Å². The molecule has 2 aliphatic heterocycles. The van der Waals surface area contributed by atoms with Gasteiger partial charge >= 0.3 is 12.0 Å². The molecule has 17 heteroatoms. The van der Waals surface area contributed by atoms with Crippen LogP contribution in [-0.4, -0.2) is 93.1 Å². The molecule has 2 aliphatic rings. The van der Waals surface area contributed by atoms with E-state index in [2.05, 4.69) is 10.4 Å². The van der Waals surface area contributed by atoms with Gasteiger partial charge in [-0.05, 0) is 38.7 Å². The van der Waals surface area contributed by atoms with Crippen LogP contribution in [-0.2, 0) is 39.9 Å². The molecular weight excluding hydrogens is 600 g/mol. The van der Waals surface area contributed by atoms with Crippen molar-refractivity contribution in [1.29, 1.82) is 0 Å². The number of hydrogen-bond acceptors (Lipinski definition) is 11. The maximum absolute atomic E-state index is 15.3. The summed E-state index contributed by atoms with van der Waals surface area (Å²) in [6.07, 6.45) is -4.54. The van der Waals surface area contributed by atoms with Crippen LogP contribution in [0.15, 0.2) is 12.3 Å². The Morgan fingerprint density at radius 3 is 2.56 bits per heavy atom. The van der Waals surface area contributed by atoms with Gasteiger partial charge in [0.05, 0.1) is 19.3 Å². The summed E-state index contributed by atoms with van der Waals surface area (Å²) in [6, 6.07) is -1.85. The van der Waals surface area contributed by atoms with Crippen LogP contribution in [0.4, 0.5) is 9.18 Å². The lowest BCUT2D eigenvalue weighted by molar-refractivity contribution is -0.149. The first-order valence-electron chi connectivity index (χ1n) is 12.1. The number of nitrogens with one attached hydrogen (secondary N) is 2. The van der Waals surface area contributed by atoms with Crippen LogP contribution in [0.2, 0.25) is 0 Å². The quantitative estimate of drug-likeness (QED) is 0.108. The van der Waals surface area contributed by atoms with Crippen molar-refractivity contribution in [3.63, 3.8) is 0 Å². The third kappa shape index (κ3) is 9.59. The molecule has 0 saturated carbocycles. The van der Waals surface area contributed by atoms with Gasteiger partial charge in [-0.3, -0.25) is 14.5 Å². The lowest BCUT2D eigenvalue weighted by atomic mass is 10.00. The molecule has 7 atom stereocenters. The minimum atomic E-state index is -3.51. The Bertz CT molecular complexity index is 985. The van der Waals surface area contributed by atoms with Gasteiger partial charge in [-0.1, -0.05) is 44.1 Å². The molecule has 4 N–H and O–H groups in total. The Morgan fingerprint density at radius 1 is 1.36 bits per heavy atom. The van der Waals surface area contributed by atoms with Gasteiger partial charge in [-0.15, -0.1) is 0 Å². The van der Waals surface area contributed by atoms with Gasteiger partial charge in [0.25, 0.3) is 11.8 Å². The highest BCUT2D eigenvalue weighted by molar-refractivity contribution is 8.13. The van der Waals surface area contributed by atoms with Crippen molar-refractivity contribution in [3.8, 4) is 0 Å². The zero-order valence-electron chi connectivity index (χ0n) is 22.5. The zero-order chi connectivity index (χ0) is 29.8. The van der Waals surface area contributed by atoms with Crippen LogP contribution in [0, 0.1) is 5.41 Å². The second-order valence-corrected chi connectivity index (χ2v) is 15.0. The van der Waals surface area contributed by atoms with E-state index in [0.29, 0.717) is 0 Å². The van der Waals surface area contributed by atoms with Crippen molar-refractivity contribution < 1.29 is 47.5 Å². The third-order valence-corrected chi connectivity index (χ3v) is 9.54. The number of rotatable bonds is 12. The summed E-state index contributed by atoms with van der Waals surface area (Å²) >= 11 is 12.5. The van der Waals surface area contributed by atoms with Crippen molar-refractivity contribution in [2.75, 3.05) is 19.0 Å². The fourth-order valence-corrected chi connectivity index (χ4v) is 6.76. The number of hydrogen-bond donors (Lipinski definition) is 4. The Balaban J connectivity index is 2.12. The summed E-state index contributed by atoms with van der Waals surface area (Å²) in [5.74, 6) is -0.374. The van der Waals surface area contributed by atoms with Crippen molar-refractivity contribution in [2.45, 2.75) is 83.5 Å². The number of ether oxygens (including phenoxy) is 2. The number of urea groups is 1. The van der Waals surface area contributed by atoms with Crippen LogP contribution in [0.3, 0.4) is 0 Å². The van der Waals surface area contributed by atoms with E-state index in [1.165, 1.54) is 6.92 Å². The Hall–Kier alpha value is -0.870. The van der Waals surface area contributed by atoms with Gasteiger partial charge < -0.3 is 34.1 Å². The van der Waals surface area contributed by atoms with E-state index in [9.17, 15) is 24.6 Å². The average Bonchev–Trinajstić information content (AvgIpc) is 3.03. The molecule has 1 fully saturated rings. The van der Waals surface area contributed by atoms with E-state index in [-0.39, 0.29) is 23.6 Å². The second kappa shape index (κ2) is 13.9. The van der Waals surface area contributed by atoms with E-state index >= 15 is 4.39 Å². The largest absolute Gasteiger partial charge is 0.462 e. The van der Waals surface area contributed by atoms with Gasteiger partial charge in [-0.2, -0.15) is 0 Å². The first kappa shape index (κ1) is 34.3. The molecule has 0 aliphatic carbocycles. The predicted molar refractivity (Wildman–Crippen MR) is 147 cm³/mol. The lowest BCUT2D eigenvalue weighted by Gasteiger charge is -2.33. The fraction of sp³-hybridized carbons (Fsp3) is 0.773. The maximum Gasteiger partial charge on any atom is 0.325 e. The molecular formula is C22H36ClFN3O9PS2. The van der Waals surface area contributed by atoms with Gasteiger partial charge in [0, 0.05) is 17.4 Å². The van der Waals surface area contributed by atoms with E-state index < -0.39 is 66.5 Å². The number of thioether (sulfide) groups is 1. The number of carbonyl (C=O) groups is 3. The summed E-state index contributed by atoms with van der Waals surface area (Å²) in [5, 5.41) is 22.0. The average molecular weight is 636 g/mol. The molecule has 0 radical (unpaired) electrons. The highest BCUT2D eigenvalue weighted by Crippen LogP contribution is 2.47. The molecule has 2 amide bonds. The second-order valence-electron chi connectivity index (χ2n) is 10.1. The molecule has 0 aromatic heterocycles. The SMILES string of the molecule is CC(C)OC(=O)[C@H](C)N[P@](=S)(OCCSC(=O)C(C)(C)C)OC[C@H]1O[C@@H](N2C=CC(O)NC2=O)[C@@](F)(Cl)[C@@H]1O. The van der Waals surface area contributed by atoms with Crippen molar-refractivity contribution >= 4 is 58.9 Å². The van der Waals surface area contributed by atoms with Crippen molar-refractivity contribution in [1.82, 2.24) is 15.3 Å². The summed E-state index contributed by atoms with van der Waals surface area (Å²) < 4.78 is 37.6. The molecule has 224 valence electrons. The van der Waals surface area contributed by atoms with E-state index in [4.69, 9.17) is 41.9 Å². The molecule has 0 aromatic carbocycles. The van der Waals surface area contributed by atoms with Crippen LogP contribution >= 0.6 is 30.0 Å². The smallest absolute Gasteiger partial charge is 0.325 e. The number of halogens is 2. The van der Waals surface area contributed by atoms with Crippen LogP contribution in [0.25, 0.3) is 0 Å². The van der Waals surface area contributed by atoms with Gasteiger partial charge in [-0.25, -0.2) is 14.3 Å². The number of aliphatic hydroxyl groups is 2. The minimum absolute atomic E-state index is 0.0248. The molecule has 0 aromatic rings. The standard InChI is InChI=1S/C22H36ClFN3O9PS2/c1-12(2)35-17(30)13(3)26-37(38,33-9-10-39-19(31)21(4,5)6)34-11-14-16(29)22(23,24)18(36-14)27-8-7-15(28)25-20(27)32/h7-8,12-16,18,28-29H,9-11H2,1-6H3,(H,25,32)(H,26,38)/t13-,14+,15?,16+,18+,22+,37-/m0/s1. The fourth-order valence-electron chi connectivity index (χ4n) is 3.20. The van der Waals surface area contributed by atoms with Crippen molar-refractivity contribution in [3.05, 3.63) is 12.3 Å². The van der Waals surface area contributed by atoms with Crippen LogP contribution in [0.5, 0.6) is 0 Å². The van der Waals surface area contributed by atoms with Crippen LogP contribution < -0.4 is 10.4 Å². The highest BCUT2D eigenvalue weighted by Gasteiger charge is 2.60. The molecule has 12 nitrogen and oxygen atoms in total. The van der Waals surface area contributed by atoms with Gasteiger partial charge in [0.15, 0.2) is 11.3 Å². The summed E-state index contributed by atoms with van der Waals surface area (Å²) in [7, 11) is 0. The normalized spacial score (nSPS) is 29.7.